The Balaban J connectivity index is 1.99. The Morgan fingerprint density at radius 3 is 2.54 bits per heavy atom. The lowest BCUT2D eigenvalue weighted by Gasteiger charge is -2.33. The van der Waals surface area contributed by atoms with E-state index >= 15 is 0 Å². The molecule has 28 heavy (non-hydrogen) atoms. The number of carbonyl (C=O) groups excluding carboxylic acids is 3. The first kappa shape index (κ1) is 22.2. The molecule has 2 rings (SSSR count). The number of thiophene rings is 1. The number of rotatable bonds is 5. The fourth-order valence-electron chi connectivity index (χ4n) is 3.49. The standard InChI is InChI=1S/C20H32N4O3S/c1-6-11(2)16(22-19(21)27)18(26)24-23-17(25)15-10-12-9-13(20(3,4)5)7-8-14(12)28-15/h10-11,13,16H,6-9H2,1-5H3,(H,23,25)(H,24,26)(H3,21,22,27)/t11-,13+,16-/m0/s1. The summed E-state index contributed by atoms with van der Waals surface area (Å²) in [4.78, 5) is 37.9. The molecule has 4 amide bonds. The lowest BCUT2D eigenvalue weighted by Crippen LogP contribution is -2.55. The van der Waals surface area contributed by atoms with Gasteiger partial charge in [0.05, 0.1) is 4.88 Å². The number of aryl methyl sites for hydroxylation is 1. The molecule has 1 aromatic heterocycles. The molecule has 0 bridgehead atoms. The first-order valence-corrected chi connectivity index (χ1v) is 10.6. The SMILES string of the molecule is CC[C@H](C)[C@H](NC(N)=O)C(=O)NNC(=O)c1cc2c(s1)CC[C@@H](C(C)(C)C)C2. The van der Waals surface area contributed by atoms with Gasteiger partial charge in [-0.05, 0) is 48.1 Å². The minimum absolute atomic E-state index is 0.118. The molecule has 1 aromatic rings. The molecule has 1 aliphatic rings. The van der Waals surface area contributed by atoms with E-state index in [4.69, 9.17) is 5.73 Å². The first-order valence-electron chi connectivity index (χ1n) is 9.80. The predicted octanol–water partition coefficient (Wildman–Crippen LogP) is 2.74. The molecule has 0 spiro atoms. The van der Waals surface area contributed by atoms with Crippen LogP contribution in [0.1, 0.15) is 67.6 Å². The van der Waals surface area contributed by atoms with Crippen LogP contribution in [-0.2, 0) is 17.6 Å². The highest BCUT2D eigenvalue weighted by atomic mass is 32.1. The number of primary amides is 1. The fraction of sp³-hybridized carbons (Fsp3) is 0.650. The largest absolute Gasteiger partial charge is 0.352 e. The normalized spacial score (nSPS) is 18.5. The summed E-state index contributed by atoms with van der Waals surface area (Å²) in [6, 6.07) is 0.366. The van der Waals surface area contributed by atoms with Crippen LogP contribution in [0.2, 0.25) is 0 Å². The van der Waals surface area contributed by atoms with E-state index in [1.807, 2.05) is 19.9 Å². The highest BCUT2D eigenvalue weighted by molar-refractivity contribution is 7.14. The Hall–Kier alpha value is -2.09. The van der Waals surface area contributed by atoms with Crippen molar-refractivity contribution in [3.05, 3.63) is 21.4 Å². The van der Waals surface area contributed by atoms with Gasteiger partial charge >= 0.3 is 6.03 Å². The van der Waals surface area contributed by atoms with Gasteiger partial charge in [-0.2, -0.15) is 0 Å². The number of nitrogens with two attached hydrogens (primary N) is 1. The van der Waals surface area contributed by atoms with Gasteiger partial charge in [0.25, 0.3) is 11.8 Å². The average molecular weight is 409 g/mol. The molecule has 0 unspecified atom stereocenters. The van der Waals surface area contributed by atoms with Crippen LogP contribution in [0.3, 0.4) is 0 Å². The summed E-state index contributed by atoms with van der Waals surface area (Å²) in [5.41, 5.74) is 11.5. The van der Waals surface area contributed by atoms with E-state index in [9.17, 15) is 14.4 Å². The topological polar surface area (TPSA) is 113 Å². The molecule has 0 aromatic carbocycles. The molecule has 1 aliphatic carbocycles. The van der Waals surface area contributed by atoms with Gasteiger partial charge in [0.15, 0.2) is 0 Å². The molecular weight excluding hydrogens is 376 g/mol. The van der Waals surface area contributed by atoms with Crippen molar-refractivity contribution in [3.8, 4) is 0 Å². The van der Waals surface area contributed by atoms with E-state index in [1.165, 1.54) is 21.8 Å². The highest BCUT2D eigenvalue weighted by Crippen LogP contribution is 2.40. The third kappa shape index (κ3) is 5.47. The summed E-state index contributed by atoms with van der Waals surface area (Å²) in [6.07, 6.45) is 3.77. The molecule has 7 nitrogen and oxygen atoms in total. The zero-order valence-electron chi connectivity index (χ0n) is 17.3. The summed E-state index contributed by atoms with van der Waals surface area (Å²) in [5, 5.41) is 2.43. The number of urea groups is 1. The third-order valence-corrected chi connectivity index (χ3v) is 6.86. The summed E-state index contributed by atoms with van der Waals surface area (Å²) >= 11 is 1.48. The summed E-state index contributed by atoms with van der Waals surface area (Å²) in [6.45, 7) is 10.5. The molecule has 0 saturated carbocycles. The van der Waals surface area contributed by atoms with Crippen molar-refractivity contribution < 1.29 is 14.4 Å². The van der Waals surface area contributed by atoms with Crippen molar-refractivity contribution >= 4 is 29.2 Å². The van der Waals surface area contributed by atoms with Gasteiger partial charge in [-0.15, -0.1) is 11.3 Å². The average Bonchev–Trinajstić information content (AvgIpc) is 3.05. The molecule has 1 heterocycles. The van der Waals surface area contributed by atoms with Crippen LogP contribution in [0, 0.1) is 17.3 Å². The van der Waals surface area contributed by atoms with E-state index in [0.29, 0.717) is 17.2 Å². The number of fused-ring (bicyclic) bond motifs is 1. The number of amides is 4. The summed E-state index contributed by atoms with van der Waals surface area (Å²) in [5.74, 6) is -0.355. The van der Waals surface area contributed by atoms with E-state index in [0.717, 1.165) is 19.3 Å². The van der Waals surface area contributed by atoms with Gasteiger partial charge in [0, 0.05) is 4.88 Å². The van der Waals surface area contributed by atoms with Crippen LogP contribution in [0.25, 0.3) is 0 Å². The van der Waals surface area contributed by atoms with Crippen LogP contribution in [0.5, 0.6) is 0 Å². The quantitative estimate of drug-likeness (QED) is 0.562. The zero-order valence-corrected chi connectivity index (χ0v) is 18.2. The number of carbonyl (C=O) groups is 3. The fourth-order valence-corrected chi connectivity index (χ4v) is 4.59. The predicted molar refractivity (Wildman–Crippen MR) is 111 cm³/mol. The first-order chi connectivity index (χ1) is 13.0. The van der Waals surface area contributed by atoms with Crippen molar-refractivity contribution in [1.29, 1.82) is 0 Å². The Labute approximate surface area is 170 Å². The molecule has 8 heteroatoms. The van der Waals surface area contributed by atoms with Crippen LogP contribution in [-0.4, -0.2) is 23.9 Å². The van der Waals surface area contributed by atoms with Crippen molar-refractivity contribution in [3.63, 3.8) is 0 Å². The van der Waals surface area contributed by atoms with E-state index < -0.39 is 18.0 Å². The molecule has 0 radical (unpaired) electrons. The monoisotopic (exact) mass is 408 g/mol. The molecule has 0 saturated heterocycles. The lowest BCUT2D eigenvalue weighted by molar-refractivity contribution is -0.124. The van der Waals surface area contributed by atoms with Gasteiger partial charge in [-0.25, -0.2) is 4.79 Å². The van der Waals surface area contributed by atoms with Gasteiger partial charge in [-0.1, -0.05) is 41.0 Å². The number of hydrogen-bond donors (Lipinski definition) is 4. The molecule has 5 N–H and O–H groups in total. The third-order valence-electron chi connectivity index (χ3n) is 5.62. The van der Waals surface area contributed by atoms with E-state index in [2.05, 4.69) is 36.9 Å². The van der Waals surface area contributed by atoms with E-state index in [-0.39, 0.29) is 17.2 Å². The van der Waals surface area contributed by atoms with Crippen LogP contribution >= 0.6 is 11.3 Å². The van der Waals surface area contributed by atoms with Crippen molar-refractivity contribution in [1.82, 2.24) is 16.2 Å². The minimum atomic E-state index is -0.799. The smallest absolute Gasteiger partial charge is 0.312 e. The maximum absolute atomic E-state index is 12.5. The highest BCUT2D eigenvalue weighted by Gasteiger charge is 2.31. The van der Waals surface area contributed by atoms with Crippen molar-refractivity contribution in [2.45, 2.75) is 66.3 Å². The van der Waals surface area contributed by atoms with Crippen LogP contribution < -0.4 is 21.9 Å². The number of nitrogens with one attached hydrogen (secondary N) is 3. The Bertz CT molecular complexity index is 738. The van der Waals surface area contributed by atoms with Crippen molar-refractivity contribution in [2.75, 3.05) is 0 Å². The Kier molecular flexibility index (Phi) is 7.09. The van der Waals surface area contributed by atoms with Crippen LogP contribution in [0.4, 0.5) is 4.79 Å². The zero-order chi connectivity index (χ0) is 21.1. The summed E-state index contributed by atoms with van der Waals surface area (Å²) in [7, 11) is 0. The second kappa shape index (κ2) is 8.94. The minimum Gasteiger partial charge on any atom is -0.352 e. The summed E-state index contributed by atoms with van der Waals surface area (Å²) < 4.78 is 0. The molecule has 3 atom stereocenters. The second-order valence-corrected chi connectivity index (χ2v) is 9.82. The Morgan fingerprint density at radius 1 is 1.29 bits per heavy atom. The number of hydrogen-bond acceptors (Lipinski definition) is 4. The molecular formula is C20H32N4O3S. The maximum atomic E-state index is 12.5. The van der Waals surface area contributed by atoms with Crippen molar-refractivity contribution in [2.24, 2.45) is 23.0 Å². The maximum Gasteiger partial charge on any atom is 0.312 e. The lowest BCUT2D eigenvalue weighted by atomic mass is 9.72. The van der Waals surface area contributed by atoms with Gasteiger partial charge < -0.3 is 11.1 Å². The Morgan fingerprint density at radius 2 is 1.96 bits per heavy atom. The molecule has 156 valence electrons. The molecule has 0 fully saturated rings. The van der Waals surface area contributed by atoms with Gasteiger partial charge in [0.1, 0.15) is 6.04 Å². The van der Waals surface area contributed by atoms with Gasteiger partial charge in [-0.3, -0.25) is 20.4 Å². The van der Waals surface area contributed by atoms with E-state index in [1.54, 1.807) is 0 Å². The van der Waals surface area contributed by atoms with Gasteiger partial charge in [0.2, 0.25) is 0 Å². The van der Waals surface area contributed by atoms with Crippen LogP contribution in [0.15, 0.2) is 6.07 Å². The second-order valence-electron chi connectivity index (χ2n) is 8.68. The molecule has 0 aliphatic heterocycles. The number of hydrazine groups is 1.